The average molecular weight is 339 g/mol. The largest absolute Gasteiger partial charge is 0.375 e. The van der Waals surface area contributed by atoms with Gasteiger partial charge in [-0.05, 0) is 43.2 Å². The highest BCUT2D eigenvalue weighted by Crippen LogP contribution is 2.44. The van der Waals surface area contributed by atoms with Crippen LogP contribution in [0.3, 0.4) is 0 Å². The molecule has 1 aromatic carbocycles. The Kier molecular flexibility index (Phi) is 5.30. The molecule has 0 aromatic heterocycles. The van der Waals surface area contributed by atoms with Crippen molar-refractivity contribution in [3.63, 3.8) is 0 Å². The smallest absolute Gasteiger partial charge is 0.0596 e. The second-order valence-electron chi connectivity index (χ2n) is 6.72. The van der Waals surface area contributed by atoms with Gasteiger partial charge in [-0.25, -0.2) is 0 Å². The maximum Gasteiger partial charge on any atom is 0.0596 e. The van der Waals surface area contributed by atoms with Crippen molar-refractivity contribution in [2.45, 2.75) is 58.1 Å². The summed E-state index contributed by atoms with van der Waals surface area (Å²) in [5, 5.41) is 0. The molecule has 1 aromatic rings. The van der Waals surface area contributed by atoms with Crippen molar-refractivity contribution in [2.24, 2.45) is 17.8 Å². The van der Waals surface area contributed by atoms with Crippen LogP contribution in [0.25, 0.3) is 0 Å². The second kappa shape index (κ2) is 6.62. The van der Waals surface area contributed by atoms with Gasteiger partial charge in [-0.1, -0.05) is 61.0 Å². The summed E-state index contributed by atoms with van der Waals surface area (Å²) in [5.74, 6) is 1.84. The molecule has 1 aliphatic rings. The Hall–Kier alpha value is -0.340. The maximum atomic E-state index is 5.98. The summed E-state index contributed by atoms with van der Waals surface area (Å²) in [6, 6.07) is 9.11. The Bertz CT molecular complexity index is 426. The highest BCUT2D eigenvalue weighted by atomic mass is 79.9. The van der Waals surface area contributed by atoms with Gasteiger partial charge >= 0.3 is 0 Å². The first-order valence-corrected chi connectivity index (χ1v) is 8.70. The van der Waals surface area contributed by atoms with Crippen molar-refractivity contribution in [1.82, 2.24) is 0 Å². The maximum absolute atomic E-state index is 5.98. The summed E-state index contributed by atoms with van der Waals surface area (Å²) in [7, 11) is 0. The molecule has 1 aliphatic heterocycles. The average Bonchev–Trinajstić information content (AvgIpc) is 2.63. The van der Waals surface area contributed by atoms with E-state index in [-0.39, 0.29) is 0 Å². The molecule has 1 fully saturated rings. The van der Waals surface area contributed by atoms with E-state index in [2.05, 4.69) is 74.8 Å². The van der Waals surface area contributed by atoms with Gasteiger partial charge in [0.05, 0.1) is 12.2 Å². The van der Waals surface area contributed by atoms with Crippen LogP contribution in [-0.2, 0) is 11.2 Å². The minimum atomic E-state index is 0.319. The predicted octanol–water partition coefficient (Wildman–Crippen LogP) is 5.38. The molecule has 2 rings (SSSR count). The standard InChI is InChI=1S/C18H27BrO/c1-11(2)10-15-6-8-16(9-7-15)18(19)17-12(3)13(4)20-14(17)5/h6-9,11-14,17-18H,10H2,1-5H3. The van der Waals surface area contributed by atoms with E-state index in [9.17, 15) is 0 Å². The molecular formula is C18H27BrO. The van der Waals surface area contributed by atoms with E-state index in [0.29, 0.717) is 34.8 Å². The molecule has 1 nitrogen and oxygen atoms in total. The van der Waals surface area contributed by atoms with Crippen molar-refractivity contribution in [3.8, 4) is 0 Å². The van der Waals surface area contributed by atoms with Gasteiger partial charge in [0.25, 0.3) is 0 Å². The van der Waals surface area contributed by atoms with Crippen LogP contribution in [0.1, 0.15) is 50.6 Å². The van der Waals surface area contributed by atoms with Crippen LogP contribution in [0.5, 0.6) is 0 Å². The topological polar surface area (TPSA) is 9.23 Å². The third kappa shape index (κ3) is 3.46. The molecule has 0 spiro atoms. The molecule has 112 valence electrons. The van der Waals surface area contributed by atoms with Gasteiger partial charge in [0.15, 0.2) is 0 Å². The fourth-order valence-corrected chi connectivity index (χ4v) is 4.55. The zero-order chi connectivity index (χ0) is 14.9. The van der Waals surface area contributed by atoms with Crippen molar-refractivity contribution in [3.05, 3.63) is 35.4 Å². The van der Waals surface area contributed by atoms with E-state index >= 15 is 0 Å². The third-order valence-corrected chi connectivity index (χ3v) is 5.74. The van der Waals surface area contributed by atoms with Gasteiger partial charge in [0.2, 0.25) is 0 Å². The minimum Gasteiger partial charge on any atom is -0.375 e. The first kappa shape index (κ1) is 16.0. The van der Waals surface area contributed by atoms with Gasteiger partial charge in [-0.3, -0.25) is 0 Å². The van der Waals surface area contributed by atoms with Crippen LogP contribution in [0.4, 0.5) is 0 Å². The summed E-state index contributed by atoms with van der Waals surface area (Å²) in [4.78, 5) is 0.380. The van der Waals surface area contributed by atoms with Gasteiger partial charge < -0.3 is 4.74 Å². The highest BCUT2D eigenvalue weighted by Gasteiger charge is 2.41. The van der Waals surface area contributed by atoms with Crippen LogP contribution in [0.2, 0.25) is 0 Å². The fraction of sp³-hybridized carbons (Fsp3) is 0.667. The normalized spacial score (nSPS) is 31.8. The number of rotatable bonds is 4. The van der Waals surface area contributed by atoms with Gasteiger partial charge in [0.1, 0.15) is 0 Å². The Morgan fingerprint density at radius 2 is 1.65 bits per heavy atom. The van der Waals surface area contributed by atoms with Crippen LogP contribution >= 0.6 is 15.9 Å². The molecule has 0 radical (unpaired) electrons. The van der Waals surface area contributed by atoms with E-state index in [1.54, 1.807) is 0 Å². The molecule has 0 N–H and O–H groups in total. The molecule has 0 aliphatic carbocycles. The number of halogens is 1. The Labute approximate surface area is 132 Å². The third-order valence-electron chi connectivity index (χ3n) is 4.60. The van der Waals surface area contributed by atoms with Gasteiger partial charge in [-0.2, -0.15) is 0 Å². The molecule has 1 saturated heterocycles. The van der Waals surface area contributed by atoms with Crippen molar-refractivity contribution in [1.29, 1.82) is 0 Å². The Morgan fingerprint density at radius 1 is 1.05 bits per heavy atom. The Balaban J connectivity index is 2.11. The molecule has 5 atom stereocenters. The SMILES string of the molecule is CC(C)Cc1ccc(C(Br)C2C(C)OC(C)C2C)cc1. The molecule has 0 saturated carbocycles. The first-order chi connectivity index (χ1) is 9.40. The zero-order valence-electron chi connectivity index (χ0n) is 13.3. The monoisotopic (exact) mass is 338 g/mol. The van der Waals surface area contributed by atoms with E-state index in [1.807, 2.05) is 0 Å². The summed E-state index contributed by atoms with van der Waals surface area (Å²) in [6.07, 6.45) is 1.83. The lowest BCUT2D eigenvalue weighted by atomic mass is 9.84. The van der Waals surface area contributed by atoms with Crippen molar-refractivity contribution < 1.29 is 4.74 Å². The number of alkyl halides is 1. The molecule has 0 amide bonds. The molecule has 0 bridgehead atoms. The van der Waals surface area contributed by atoms with Gasteiger partial charge in [0, 0.05) is 10.7 Å². The van der Waals surface area contributed by atoms with Crippen molar-refractivity contribution >= 4 is 15.9 Å². The second-order valence-corrected chi connectivity index (χ2v) is 7.71. The fourth-order valence-electron chi connectivity index (χ4n) is 3.33. The summed E-state index contributed by atoms with van der Waals surface area (Å²) in [6.45, 7) is 11.2. The number of ether oxygens (including phenoxy) is 1. The lowest BCUT2D eigenvalue weighted by Gasteiger charge is -2.25. The summed E-state index contributed by atoms with van der Waals surface area (Å²) in [5.41, 5.74) is 2.81. The van der Waals surface area contributed by atoms with Gasteiger partial charge in [-0.15, -0.1) is 0 Å². The lowest BCUT2D eigenvalue weighted by molar-refractivity contribution is 0.0511. The molecule has 1 heterocycles. The quantitative estimate of drug-likeness (QED) is 0.669. The molecule has 20 heavy (non-hydrogen) atoms. The number of hydrogen-bond acceptors (Lipinski definition) is 1. The first-order valence-electron chi connectivity index (χ1n) is 7.78. The number of hydrogen-bond donors (Lipinski definition) is 0. The van der Waals surface area contributed by atoms with Crippen LogP contribution in [0, 0.1) is 17.8 Å². The van der Waals surface area contributed by atoms with E-state index in [0.717, 1.165) is 6.42 Å². The minimum absolute atomic E-state index is 0.319. The predicted molar refractivity (Wildman–Crippen MR) is 89.3 cm³/mol. The van der Waals surface area contributed by atoms with E-state index in [4.69, 9.17) is 4.74 Å². The summed E-state index contributed by atoms with van der Waals surface area (Å²) >= 11 is 3.92. The van der Waals surface area contributed by atoms with Crippen LogP contribution in [0.15, 0.2) is 24.3 Å². The number of benzene rings is 1. The van der Waals surface area contributed by atoms with Crippen LogP contribution in [-0.4, -0.2) is 12.2 Å². The van der Waals surface area contributed by atoms with E-state index in [1.165, 1.54) is 11.1 Å². The zero-order valence-corrected chi connectivity index (χ0v) is 14.9. The molecule has 5 unspecified atom stereocenters. The van der Waals surface area contributed by atoms with Crippen LogP contribution < -0.4 is 0 Å². The Morgan fingerprint density at radius 3 is 2.10 bits per heavy atom. The molecule has 2 heteroatoms. The molecular weight excluding hydrogens is 312 g/mol. The highest BCUT2D eigenvalue weighted by molar-refractivity contribution is 9.09. The van der Waals surface area contributed by atoms with Crippen molar-refractivity contribution in [2.75, 3.05) is 0 Å². The lowest BCUT2D eigenvalue weighted by Crippen LogP contribution is -2.21. The summed E-state index contributed by atoms with van der Waals surface area (Å²) < 4.78 is 5.98. The van der Waals surface area contributed by atoms with E-state index < -0.39 is 0 Å².